The molecule has 0 saturated carbocycles. The van der Waals surface area contributed by atoms with Crippen molar-refractivity contribution in [2.24, 2.45) is 0 Å². The van der Waals surface area contributed by atoms with Gasteiger partial charge in [-0.3, -0.25) is 4.79 Å². The zero-order chi connectivity index (χ0) is 22.7. The number of Topliss-reactive ketones (excluding diaryl/α,β-unsaturated/α-hetero) is 1. The van der Waals surface area contributed by atoms with Gasteiger partial charge in [0.1, 0.15) is 11.5 Å². The van der Waals surface area contributed by atoms with Gasteiger partial charge in [0.05, 0.1) is 22.6 Å². The molecule has 0 fully saturated rings. The number of ketones is 1. The minimum Gasteiger partial charge on any atom is -0.477 e. The molecule has 4 heterocycles. The van der Waals surface area contributed by atoms with Crippen LogP contribution in [0, 0.1) is 6.92 Å². The Bertz CT molecular complexity index is 1470. The van der Waals surface area contributed by atoms with E-state index in [4.69, 9.17) is 4.42 Å². The molecule has 6 rings (SSSR count). The quantitative estimate of drug-likeness (QED) is 0.330. The molecule has 9 heteroatoms. The first-order valence-electron chi connectivity index (χ1n) is 10.7. The van der Waals surface area contributed by atoms with Crippen molar-refractivity contribution in [3.63, 3.8) is 0 Å². The van der Waals surface area contributed by atoms with Gasteiger partial charge < -0.3 is 24.8 Å². The number of H-pyrrole nitrogens is 2. The van der Waals surface area contributed by atoms with Gasteiger partial charge in [0.15, 0.2) is 16.0 Å². The first kappa shape index (κ1) is 19.9. The number of imidazole rings is 1. The standard InChI is InChI=1S/C24H20N4O4S/c1-11-5-6-13-15(9-11)28-24(27-13)33-18-8-7-17(32-18)19-12-10-25-22(23(30)31)21(12)26-14-3-2-4-16(29)20(14)19/h5-10,19,25-26H,2-4H2,1H3,(H,27,28)(H,30,31). The lowest BCUT2D eigenvalue weighted by atomic mass is 9.78. The molecule has 8 nitrogen and oxygen atoms in total. The van der Waals surface area contributed by atoms with E-state index in [0.717, 1.165) is 28.7 Å². The number of rotatable bonds is 4. The molecule has 1 aliphatic heterocycles. The maximum Gasteiger partial charge on any atom is 0.354 e. The van der Waals surface area contributed by atoms with Crippen LogP contribution in [0.3, 0.4) is 0 Å². The number of aryl methyl sites for hydroxylation is 1. The highest BCUT2D eigenvalue weighted by Crippen LogP contribution is 2.47. The molecule has 4 N–H and O–H groups in total. The summed E-state index contributed by atoms with van der Waals surface area (Å²) in [6.45, 7) is 2.03. The number of carbonyl (C=O) groups is 2. The summed E-state index contributed by atoms with van der Waals surface area (Å²) in [6, 6.07) is 9.77. The van der Waals surface area contributed by atoms with Crippen LogP contribution in [0.1, 0.15) is 52.6 Å². The fraction of sp³-hybridized carbons (Fsp3) is 0.208. The molecule has 0 radical (unpaired) electrons. The van der Waals surface area contributed by atoms with E-state index >= 15 is 0 Å². The number of furan rings is 1. The van der Waals surface area contributed by atoms with Gasteiger partial charge in [-0.1, -0.05) is 6.07 Å². The number of fused-ring (bicyclic) bond motifs is 2. The zero-order valence-electron chi connectivity index (χ0n) is 17.7. The summed E-state index contributed by atoms with van der Waals surface area (Å²) in [7, 11) is 0. The van der Waals surface area contributed by atoms with Crippen LogP contribution in [0.5, 0.6) is 0 Å². The normalized spacial score (nSPS) is 17.7. The number of carboxylic acids is 1. The number of hydrogen-bond donors (Lipinski definition) is 4. The summed E-state index contributed by atoms with van der Waals surface area (Å²) in [4.78, 5) is 35.4. The molecule has 1 atom stereocenters. The Balaban J connectivity index is 1.39. The van der Waals surface area contributed by atoms with Crippen LogP contribution < -0.4 is 5.32 Å². The van der Waals surface area contributed by atoms with Gasteiger partial charge in [0.25, 0.3) is 0 Å². The van der Waals surface area contributed by atoms with E-state index in [-0.39, 0.29) is 11.5 Å². The lowest BCUT2D eigenvalue weighted by Crippen LogP contribution is -2.26. The molecule has 1 aliphatic carbocycles. The Labute approximate surface area is 192 Å². The molecular weight excluding hydrogens is 440 g/mol. The molecule has 0 saturated heterocycles. The van der Waals surface area contributed by atoms with Crippen molar-refractivity contribution in [3.8, 4) is 0 Å². The van der Waals surface area contributed by atoms with Crippen LogP contribution in [-0.2, 0) is 4.79 Å². The third-order valence-electron chi connectivity index (χ3n) is 6.16. The fourth-order valence-corrected chi connectivity index (χ4v) is 5.45. The number of carbonyl (C=O) groups excluding carboxylic acids is 1. The van der Waals surface area contributed by atoms with Crippen LogP contribution >= 0.6 is 11.8 Å². The van der Waals surface area contributed by atoms with E-state index in [1.54, 1.807) is 6.20 Å². The van der Waals surface area contributed by atoms with E-state index in [9.17, 15) is 14.7 Å². The molecule has 33 heavy (non-hydrogen) atoms. The number of benzene rings is 1. The number of aromatic amines is 2. The Hall–Kier alpha value is -3.72. The molecule has 1 aromatic carbocycles. The van der Waals surface area contributed by atoms with Gasteiger partial charge in [-0.15, -0.1) is 0 Å². The average Bonchev–Trinajstić information content (AvgIpc) is 3.50. The number of aromatic carboxylic acids is 1. The van der Waals surface area contributed by atoms with Crippen LogP contribution in [0.25, 0.3) is 11.0 Å². The van der Waals surface area contributed by atoms with Crippen molar-refractivity contribution < 1.29 is 19.1 Å². The summed E-state index contributed by atoms with van der Waals surface area (Å²) < 4.78 is 6.20. The Morgan fingerprint density at radius 3 is 2.97 bits per heavy atom. The lowest BCUT2D eigenvalue weighted by molar-refractivity contribution is -0.116. The summed E-state index contributed by atoms with van der Waals surface area (Å²) >= 11 is 1.37. The van der Waals surface area contributed by atoms with Gasteiger partial charge in [-0.2, -0.15) is 0 Å². The predicted octanol–water partition coefficient (Wildman–Crippen LogP) is 5.21. The summed E-state index contributed by atoms with van der Waals surface area (Å²) in [5, 5.41) is 14.2. The number of hydrogen-bond acceptors (Lipinski definition) is 6. The van der Waals surface area contributed by atoms with Crippen molar-refractivity contribution in [3.05, 3.63) is 70.4 Å². The Morgan fingerprint density at radius 2 is 2.12 bits per heavy atom. The van der Waals surface area contributed by atoms with Crippen LogP contribution in [0.2, 0.25) is 0 Å². The molecule has 2 aliphatic rings. The zero-order valence-corrected chi connectivity index (χ0v) is 18.5. The number of nitrogens with zero attached hydrogens (tertiary/aromatic N) is 1. The predicted molar refractivity (Wildman–Crippen MR) is 123 cm³/mol. The van der Waals surface area contributed by atoms with Gasteiger partial charge in [-0.25, -0.2) is 9.78 Å². The van der Waals surface area contributed by atoms with Crippen LogP contribution in [0.4, 0.5) is 5.69 Å². The van der Waals surface area contributed by atoms with Crippen molar-refractivity contribution in [1.29, 1.82) is 0 Å². The second-order valence-electron chi connectivity index (χ2n) is 8.35. The number of aromatic nitrogens is 3. The van der Waals surface area contributed by atoms with E-state index in [0.29, 0.717) is 45.7 Å². The molecule has 4 aromatic rings. The number of carboxylic acid groups (broad SMARTS) is 1. The van der Waals surface area contributed by atoms with Gasteiger partial charge >= 0.3 is 5.97 Å². The number of allylic oxidation sites excluding steroid dienone is 2. The summed E-state index contributed by atoms with van der Waals surface area (Å²) in [6.07, 6.45) is 3.56. The topological polar surface area (TPSA) is 124 Å². The van der Waals surface area contributed by atoms with Gasteiger partial charge in [0, 0.05) is 29.5 Å². The molecule has 0 spiro atoms. The first-order valence-corrected chi connectivity index (χ1v) is 11.5. The van der Waals surface area contributed by atoms with E-state index < -0.39 is 11.9 Å². The van der Waals surface area contributed by atoms with Crippen molar-refractivity contribution in [2.45, 2.75) is 42.4 Å². The molecule has 1 unspecified atom stereocenters. The monoisotopic (exact) mass is 460 g/mol. The van der Waals surface area contributed by atoms with Crippen molar-refractivity contribution in [2.75, 3.05) is 5.32 Å². The molecular formula is C24H20N4O4S. The number of anilines is 1. The van der Waals surface area contributed by atoms with Crippen molar-refractivity contribution >= 4 is 40.2 Å². The Kier molecular flexibility index (Phi) is 4.48. The van der Waals surface area contributed by atoms with Gasteiger partial charge in [-0.05, 0) is 61.4 Å². The number of nitrogens with one attached hydrogen (secondary N) is 3. The first-order chi connectivity index (χ1) is 16.0. The maximum absolute atomic E-state index is 12.9. The third kappa shape index (κ3) is 3.27. The summed E-state index contributed by atoms with van der Waals surface area (Å²) in [5.74, 6) is -0.841. The van der Waals surface area contributed by atoms with E-state index in [2.05, 4.69) is 20.3 Å². The van der Waals surface area contributed by atoms with Crippen LogP contribution in [-0.4, -0.2) is 31.8 Å². The highest BCUT2D eigenvalue weighted by atomic mass is 32.2. The Morgan fingerprint density at radius 1 is 1.24 bits per heavy atom. The highest BCUT2D eigenvalue weighted by Gasteiger charge is 2.39. The highest BCUT2D eigenvalue weighted by molar-refractivity contribution is 7.99. The van der Waals surface area contributed by atoms with E-state index in [1.165, 1.54) is 11.8 Å². The SMILES string of the molecule is Cc1ccc2[nH]c(Sc3ccc(C4C5=C(CCCC5=O)Nc5c4c[nH]c5C(=O)O)o3)nc2c1. The van der Waals surface area contributed by atoms with E-state index in [1.807, 2.05) is 37.3 Å². The minimum absolute atomic E-state index is 0.0655. The fourth-order valence-electron chi connectivity index (χ4n) is 4.68. The van der Waals surface area contributed by atoms with Crippen molar-refractivity contribution in [1.82, 2.24) is 15.0 Å². The third-order valence-corrected chi connectivity index (χ3v) is 6.96. The molecule has 0 bridgehead atoms. The smallest absolute Gasteiger partial charge is 0.354 e. The lowest BCUT2D eigenvalue weighted by Gasteiger charge is -2.31. The molecule has 0 amide bonds. The second-order valence-corrected chi connectivity index (χ2v) is 9.34. The molecule has 166 valence electrons. The van der Waals surface area contributed by atoms with Crippen LogP contribution in [0.15, 0.2) is 62.5 Å². The average molecular weight is 461 g/mol. The summed E-state index contributed by atoms with van der Waals surface area (Å²) in [5.41, 5.74) is 5.71. The minimum atomic E-state index is -1.05. The van der Waals surface area contributed by atoms with Gasteiger partial charge in [0.2, 0.25) is 0 Å². The second kappa shape index (κ2) is 7.41. The molecule has 3 aromatic heterocycles. The largest absolute Gasteiger partial charge is 0.477 e. The maximum atomic E-state index is 12.9.